The zero-order chi connectivity index (χ0) is 19.3. The minimum atomic E-state index is -4.71. The fraction of sp³-hybridized carbons (Fsp3) is 0.118. The number of ether oxygens (including phenoxy) is 2. The molecule has 0 spiro atoms. The van der Waals surface area contributed by atoms with E-state index in [1.807, 2.05) is 0 Å². The summed E-state index contributed by atoms with van der Waals surface area (Å²) < 4.78 is 46.9. The molecule has 0 aliphatic carbocycles. The van der Waals surface area contributed by atoms with E-state index >= 15 is 0 Å². The summed E-state index contributed by atoms with van der Waals surface area (Å²) in [5.41, 5.74) is 1.32. The molecule has 3 aromatic rings. The molecule has 0 amide bonds. The van der Waals surface area contributed by atoms with E-state index in [0.29, 0.717) is 17.3 Å². The van der Waals surface area contributed by atoms with Crippen LogP contribution in [0, 0.1) is 0 Å². The van der Waals surface area contributed by atoms with Gasteiger partial charge in [-0.05, 0) is 59.0 Å². The van der Waals surface area contributed by atoms with E-state index in [2.05, 4.69) is 25.6 Å². The van der Waals surface area contributed by atoms with Crippen LogP contribution in [0.1, 0.15) is 5.82 Å². The average molecular weight is 377 g/mol. The van der Waals surface area contributed by atoms with Gasteiger partial charge in [-0.1, -0.05) is 0 Å². The molecular formula is C17H14F3N5O2. The molecule has 0 aliphatic rings. The van der Waals surface area contributed by atoms with Crippen molar-refractivity contribution in [2.45, 2.75) is 6.36 Å². The molecule has 1 heterocycles. The second kappa shape index (κ2) is 7.77. The van der Waals surface area contributed by atoms with Crippen LogP contribution in [0.5, 0.6) is 11.5 Å². The number of nitrogens with one attached hydrogen (secondary N) is 1. The van der Waals surface area contributed by atoms with E-state index in [0.717, 1.165) is 5.69 Å². The van der Waals surface area contributed by atoms with Gasteiger partial charge in [0.1, 0.15) is 11.5 Å². The first-order valence-corrected chi connectivity index (χ1v) is 7.66. The minimum absolute atomic E-state index is 0.291. The Labute approximate surface area is 152 Å². The summed E-state index contributed by atoms with van der Waals surface area (Å²) in [5.74, 6) is 0.883. The number of nitrogens with zero attached hydrogens (tertiary/aromatic N) is 4. The molecule has 0 saturated carbocycles. The molecule has 0 bridgehead atoms. The second-order valence-electron chi connectivity index (χ2n) is 5.20. The molecular weight excluding hydrogens is 363 g/mol. The van der Waals surface area contributed by atoms with Gasteiger partial charge in [0.25, 0.3) is 0 Å². The maximum atomic E-state index is 12.1. The summed E-state index contributed by atoms with van der Waals surface area (Å²) in [6.45, 7) is 0. The molecule has 140 valence electrons. The second-order valence-corrected chi connectivity index (χ2v) is 5.20. The van der Waals surface area contributed by atoms with Crippen LogP contribution in [0.3, 0.4) is 0 Å². The number of benzene rings is 2. The summed E-state index contributed by atoms with van der Waals surface area (Å²) in [4.78, 5) is 0. The van der Waals surface area contributed by atoms with Crippen LogP contribution in [0.25, 0.3) is 11.8 Å². The normalized spacial score (nSPS) is 11.6. The Hall–Kier alpha value is -3.56. The fourth-order valence-corrected chi connectivity index (χ4v) is 2.17. The van der Waals surface area contributed by atoms with Crippen LogP contribution in [0.4, 0.5) is 18.9 Å². The van der Waals surface area contributed by atoms with Gasteiger partial charge in [0.15, 0.2) is 5.82 Å². The van der Waals surface area contributed by atoms with Crippen molar-refractivity contribution in [2.24, 2.45) is 0 Å². The molecule has 3 rings (SSSR count). The quantitative estimate of drug-likeness (QED) is 0.707. The number of anilines is 1. The van der Waals surface area contributed by atoms with Gasteiger partial charge in [0.05, 0.1) is 12.8 Å². The summed E-state index contributed by atoms with van der Waals surface area (Å²) >= 11 is 0. The maximum absolute atomic E-state index is 12.1. The Morgan fingerprint density at radius 2 is 1.67 bits per heavy atom. The number of methoxy groups -OCH3 is 1. The van der Waals surface area contributed by atoms with E-state index in [1.165, 1.54) is 28.9 Å². The van der Waals surface area contributed by atoms with Gasteiger partial charge < -0.3 is 14.8 Å². The van der Waals surface area contributed by atoms with Crippen LogP contribution < -0.4 is 14.8 Å². The topological polar surface area (TPSA) is 74.1 Å². The zero-order valence-electron chi connectivity index (χ0n) is 14.0. The van der Waals surface area contributed by atoms with Crippen molar-refractivity contribution >= 4 is 11.8 Å². The number of aromatic nitrogens is 4. The summed E-state index contributed by atoms with van der Waals surface area (Å²) in [5, 5.41) is 14.4. The van der Waals surface area contributed by atoms with E-state index < -0.39 is 6.36 Å². The Morgan fingerprint density at radius 3 is 2.30 bits per heavy atom. The van der Waals surface area contributed by atoms with Gasteiger partial charge in [-0.3, -0.25) is 0 Å². The molecule has 0 fully saturated rings. The van der Waals surface area contributed by atoms with Gasteiger partial charge in [-0.2, -0.15) is 4.68 Å². The van der Waals surface area contributed by atoms with Gasteiger partial charge in [-0.15, -0.1) is 18.3 Å². The molecule has 2 aromatic carbocycles. The molecule has 0 atom stereocenters. The number of rotatable bonds is 6. The first kappa shape index (κ1) is 18.2. The number of alkyl halides is 3. The van der Waals surface area contributed by atoms with E-state index in [4.69, 9.17) is 4.74 Å². The first-order valence-electron chi connectivity index (χ1n) is 7.66. The summed E-state index contributed by atoms with van der Waals surface area (Å²) in [6.07, 6.45) is -1.51. The third-order valence-electron chi connectivity index (χ3n) is 3.38. The predicted octanol–water partition coefficient (Wildman–Crippen LogP) is 3.65. The van der Waals surface area contributed by atoms with Crippen LogP contribution in [-0.2, 0) is 0 Å². The van der Waals surface area contributed by atoms with Crippen molar-refractivity contribution in [1.82, 2.24) is 20.2 Å². The lowest BCUT2D eigenvalue weighted by Gasteiger charge is -2.09. The third kappa shape index (κ3) is 4.97. The minimum Gasteiger partial charge on any atom is -0.497 e. The van der Waals surface area contributed by atoms with Gasteiger partial charge >= 0.3 is 6.36 Å². The van der Waals surface area contributed by atoms with Crippen molar-refractivity contribution in [3.8, 4) is 17.2 Å². The highest BCUT2D eigenvalue weighted by atomic mass is 19.4. The van der Waals surface area contributed by atoms with Crippen molar-refractivity contribution in [2.75, 3.05) is 12.4 Å². The van der Waals surface area contributed by atoms with Crippen LogP contribution >= 0.6 is 0 Å². The molecule has 0 radical (unpaired) electrons. The van der Waals surface area contributed by atoms with Crippen LogP contribution in [-0.4, -0.2) is 33.7 Å². The van der Waals surface area contributed by atoms with Crippen molar-refractivity contribution < 1.29 is 22.6 Å². The number of tetrazole rings is 1. The molecule has 1 N–H and O–H groups in total. The van der Waals surface area contributed by atoms with Crippen LogP contribution in [0.2, 0.25) is 0 Å². The van der Waals surface area contributed by atoms with Crippen molar-refractivity contribution in [3.05, 3.63) is 60.6 Å². The summed E-state index contributed by atoms with van der Waals surface area (Å²) in [7, 11) is 1.58. The molecule has 0 unspecified atom stereocenters. The lowest BCUT2D eigenvalue weighted by atomic mass is 10.3. The third-order valence-corrected chi connectivity index (χ3v) is 3.38. The van der Waals surface area contributed by atoms with Crippen molar-refractivity contribution in [3.63, 3.8) is 0 Å². The highest BCUT2D eigenvalue weighted by molar-refractivity contribution is 5.53. The SMILES string of the molecule is COc1ccc(-n2nnnc2/C=C\Nc2ccc(OC(F)(F)F)cc2)cc1. The number of hydrogen-bond donors (Lipinski definition) is 1. The van der Waals surface area contributed by atoms with Crippen LogP contribution in [0.15, 0.2) is 54.7 Å². The largest absolute Gasteiger partial charge is 0.573 e. The molecule has 1 aromatic heterocycles. The molecule has 0 saturated heterocycles. The van der Waals surface area contributed by atoms with Crippen molar-refractivity contribution in [1.29, 1.82) is 0 Å². The standard InChI is InChI=1S/C17H14F3N5O2/c1-26-14-8-4-13(5-9-14)25-16(22-23-24-25)10-11-21-12-2-6-15(7-3-12)27-17(18,19)20/h2-11,21H,1H3/b11-10-. The first-order chi connectivity index (χ1) is 12.9. The lowest BCUT2D eigenvalue weighted by Crippen LogP contribution is -2.16. The highest BCUT2D eigenvalue weighted by Gasteiger charge is 2.30. The Morgan fingerprint density at radius 1 is 1.00 bits per heavy atom. The highest BCUT2D eigenvalue weighted by Crippen LogP contribution is 2.24. The number of halogens is 3. The molecule has 7 nitrogen and oxygen atoms in total. The monoisotopic (exact) mass is 377 g/mol. The maximum Gasteiger partial charge on any atom is 0.573 e. The zero-order valence-corrected chi connectivity index (χ0v) is 14.0. The predicted molar refractivity (Wildman–Crippen MR) is 91.5 cm³/mol. The van der Waals surface area contributed by atoms with Gasteiger partial charge in [-0.25, -0.2) is 0 Å². The summed E-state index contributed by atoms with van der Waals surface area (Å²) in [6, 6.07) is 12.5. The Bertz CT molecular complexity index is 906. The Kier molecular flexibility index (Phi) is 5.25. The smallest absolute Gasteiger partial charge is 0.497 e. The Balaban J connectivity index is 1.66. The molecule has 27 heavy (non-hydrogen) atoms. The van der Waals surface area contributed by atoms with E-state index in [1.54, 1.807) is 43.7 Å². The lowest BCUT2D eigenvalue weighted by molar-refractivity contribution is -0.274. The van der Waals surface area contributed by atoms with E-state index in [9.17, 15) is 13.2 Å². The molecule has 0 aliphatic heterocycles. The molecule has 10 heteroatoms. The number of hydrogen-bond acceptors (Lipinski definition) is 6. The average Bonchev–Trinajstić information content (AvgIpc) is 3.10. The van der Waals surface area contributed by atoms with Gasteiger partial charge in [0, 0.05) is 18.0 Å². The fourth-order valence-electron chi connectivity index (χ4n) is 2.17. The van der Waals surface area contributed by atoms with Gasteiger partial charge in [0.2, 0.25) is 0 Å². The van der Waals surface area contributed by atoms with E-state index in [-0.39, 0.29) is 5.75 Å².